The molecule has 5 heteroatoms. The molecule has 0 radical (unpaired) electrons. The monoisotopic (exact) mass is 472 g/mol. The molecule has 3 heterocycles. The van der Waals surface area contributed by atoms with Crippen molar-refractivity contribution in [2.45, 2.75) is 83.3 Å². The minimum atomic E-state index is -0.0161. The van der Waals surface area contributed by atoms with Gasteiger partial charge in [0.05, 0.1) is 17.7 Å². The summed E-state index contributed by atoms with van der Waals surface area (Å²) in [5, 5.41) is 4.83. The Morgan fingerprint density at radius 3 is 2.80 bits per heavy atom. The molecule has 186 valence electrons. The van der Waals surface area contributed by atoms with E-state index >= 15 is 0 Å². The van der Waals surface area contributed by atoms with E-state index in [-0.39, 0.29) is 17.9 Å². The normalized spacial score (nSPS) is 23.6. The summed E-state index contributed by atoms with van der Waals surface area (Å²) in [6.45, 7) is 7.58. The quantitative estimate of drug-likeness (QED) is 0.436. The van der Waals surface area contributed by atoms with Crippen LogP contribution < -0.4 is 5.32 Å². The highest BCUT2D eigenvalue weighted by Crippen LogP contribution is 2.45. The van der Waals surface area contributed by atoms with Crippen LogP contribution >= 0.6 is 0 Å². The number of unbranched alkanes of at least 4 members (excludes halogenated alkanes) is 1. The van der Waals surface area contributed by atoms with E-state index in [2.05, 4.69) is 72.0 Å². The molecule has 5 rings (SSSR count). The summed E-state index contributed by atoms with van der Waals surface area (Å²) in [7, 11) is 2.21. The second-order valence-corrected chi connectivity index (χ2v) is 10.8. The van der Waals surface area contributed by atoms with Gasteiger partial charge >= 0.3 is 0 Å². The molecule has 0 spiro atoms. The molecule has 5 nitrogen and oxygen atoms in total. The Hall–Kier alpha value is -2.66. The number of pyridine rings is 1. The van der Waals surface area contributed by atoms with Crippen LogP contribution in [-0.2, 0) is 11.2 Å². The molecule has 2 aliphatic rings. The van der Waals surface area contributed by atoms with Crippen LogP contribution in [0.2, 0.25) is 0 Å². The molecule has 0 bridgehead atoms. The van der Waals surface area contributed by atoms with Crippen LogP contribution in [0.4, 0.5) is 0 Å². The van der Waals surface area contributed by atoms with Gasteiger partial charge in [0, 0.05) is 47.8 Å². The van der Waals surface area contributed by atoms with E-state index in [0.717, 1.165) is 50.8 Å². The zero-order valence-electron chi connectivity index (χ0n) is 21.7. The Morgan fingerprint density at radius 2 is 2.06 bits per heavy atom. The number of hydrogen-bond donors (Lipinski definition) is 1. The lowest BCUT2D eigenvalue weighted by atomic mass is 9.72. The van der Waals surface area contributed by atoms with Gasteiger partial charge in [0.2, 0.25) is 5.91 Å². The summed E-state index contributed by atoms with van der Waals surface area (Å²) in [5.41, 5.74) is 5.23. The maximum Gasteiger partial charge on any atom is 0.224 e. The number of likely N-dealkylation sites (N-methyl/N-ethyl adjacent to an activating group) is 1. The van der Waals surface area contributed by atoms with Crippen molar-refractivity contribution in [1.29, 1.82) is 0 Å². The maximum absolute atomic E-state index is 13.6. The smallest absolute Gasteiger partial charge is 0.224 e. The first-order valence-electron chi connectivity index (χ1n) is 13.6. The van der Waals surface area contributed by atoms with Crippen molar-refractivity contribution in [1.82, 2.24) is 19.8 Å². The highest BCUT2D eigenvalue weighted by atomic mass is 16.2. The number of amides is 1. The highest BCUT2D eigenvalue weighted by Gasteiger charge is 2.42. The molecule has 1 N–H and O–H groups in total. The second kappa shape index (κ2) is 10.1. The first-order chi connectivity index (χ1) is 17.0. The second-order valence-electron chi connectivity index (χ2n) is 10.8. The number of carbonyl (C=O) groups excluding carboxylic acids is 1. The van der Waals surface area contributed by atoms with E-state index in [1.807, 2.05) is 24.4 Å². The lowest BCUT2D eigenvalue weighted by Crippen LogP contribution is -2.51. The predicted octanol–water partition coefficient (Wildman–Crippen LogP) is 6.02. The summed E-state index contributed by atoms with van der Waals surface area (Å²) in [4.78, 5) is 20.6. The molecule has 3 aromatic rings. The number of likely N-dealkylation sites (tertiary alicyclic amines) is 1. The zero-order valence-corrected chi connectivity index (χ0v) is 21.7. The third-order valence-electron chi connectivity index (χ3n) is 8.52. The number of nitrogens with zero attached hydrogens (tertiary/aromatic N) is 3. The maximum atomic E-state index is 13.6. The van der Waals surface area contributed by atoms with Gasteiger partial charge in [-0.25, -0.2) is 0 Å². The van der Waals surface area contributed by atoms with E-state index < -0.39 is 0 Å². The van der Waals surface area contributed by atoms with Crippen molar-refractivity contribution in [2.75, 3.05) is 13.6 Å². The summed E-state index contributed by atoms with van der Waals surface area (Å²) >= 11 is 0. The molecule has 35 heavy (non-hydrogen) atoms. The molecule has 2 aromatic heterocycles. The molecule has 3 unspecified atom stereocenters. The van der Waals surface area contributed by atoms with Crippen molar-refractivity contribution < 1.29 is 4.79 Å². The number of benzene rings is 1. The minimum absolute atomic E-state index is 0.0115. The van der Waals surface area contributed by atoms with Crippen LogP contribution in [0.1, 0.15) is 87.7 Å². The SMILES string of the molecule is CCCCC(NC(=O)[C@@H]1CC2c3cccc4c3c(cn4C(C)CC)C[C@H]2N(C)C1)c1ccccn1. The van der Waals surface area contributed by atoms with Gasteiger partial charge in [-0.1, -0.05) is 44.9 Å². The zero-order chi connectivity index (χ0) is 24.5. The largest absolute Gasteiger partial charge is 0.347 e. The van der Waals surface area contributed by atoms with Gasteiger partial charge in [0.15, 0.2) is 0 Å². The molecule has 1 aliphatic carbocycles. The van der Waals surface area contributed by atoms with Crippen LogP contribution in [0.3, 0.4) is 0 Å². The molecule has 1 fully saturated rings. The molecule has 5 atom stereocenters. The molecular weight excluding hydrogens is 432 g/mol. The molecular formula is C30H40N4O. The number of fused-ring (bicyclic) bond motifs is 2. The van der Waals surface area contributed by atoms with Gasteiger partial charge in [-0.3, -0.25) is 9.78 Å². The first kappa shape index (κ1) is 24.1. The number of hydrogen-bond acceptors (Lipinski definition) is 3. The Bertz CT molecular complexity index is 1170. The average Bonchev–Trinajstić information content (AvgIpc) is 3.26. The minimum Gasteiger partial charge on any atom is -0.347 e. The van der Waals surface area contributed by atoms with E-state index in [0.29, 0.717) is 18.0 Å². The van der Waals surface area contributed by atoms with E-state index in [4.69, 9.17) is 0 Å². The Morgan fingerprint density at radius 1 is 1.20 bits per heavy atom. The summed E-state index contributed by atoms with van der Waals surface area (Å²) in [6, 6.07) is 13.7. The molecule has 0 saturated carbocycles. The standard InChI is InChI=1S/C30H40N4O/c1-5-7-12-26(25-13-8-9-15-31-25)32-30(35)22-16-24-23-11-10-14-27-29(23)21(17-28(24)33(4)18-22)19-34(27)20(3)6-2/h8-11,13-15,19-20,22,24,26,28H,5-7,12,16-18H2,1-4H3,(H,32,35)/t20?,22-,24?,26?,28-/m1/s1. The van der Waals surface area contributed by atoms with Gasteiger partial charge < -0.3 is 14.8 Å². The summed E-state index contributed by atoms with van der Waals surface area (Å²) in [6.07, 6.45) is 10.4. The summed E-state index contributed by atoms with van der Waals surface area (Å²) in [5.74, 6) is 0.553. The molecule has 1 amide bonds. The van der Waals surface area contributed by atoms with Crippen LogP contribution in [0, 0.1) is 5.92 Å². The first-order valence-corrected chi connectivity index (χ1v) is 13.6. The lowest BCUT2D eigenvalue weighted by molar-refractivity contribution is -0.128. The molecule has 1 saturated heterocycles. The fourth-order valence-electron chi connectivity index (χ4n) is 6.40. The number of carbonyl (C=O) groups is 1. The summed E-state index contributed by atoms with van der Waals surface area (Å²) < 4.78 is 2.47. The Labute approximate surface area is 209 Å². The van der Waals surface area contributed by atoms with E-state index in [9.17, 15) is 4.79 Å². The fraction of sp³-hybridized carbons (Fsp3) is 0.533. The number of aromatic nitrogens is 2. The Balaban J connectivity index is 1.41. The van der Waals surface area contributed by atoms with Gasteiger partial charge in [-0.15, -0.1) is 0 Å². The van der Waals surface area contributed by atoms with Crippen LogP contribution in [0.25, 0.3) is 10.9 Å². The fourth-order valence-corrected chi connectivity index (χ4v) is 6.40. The van der Waals surface area contributed by atoms with Gasteiger partial charge in [0.1, 0.15) is 0 Å². The van der Waals surface area contributed by atoms with Crippen molar-refractivity contribution in [3.8, 4) is 0 Å². The lowest BCUT2D eigenvalue weighted by Gasteiger charge is -2.45. The Kier molecular flexibility index (Phi) is 6.97. The van der Waals surface area contributed by atoms with Gasteiger partial charge in [-0.2, -0.15) is 0 Å². The van der Waals surface area contributed by atoms with Gasteiger partial charge in [0.25, 0.3) is 0 Å². The third kappa shape index (κ3) is 4.51. The predicted molar refractivity (Wildman–Crippen MR) is 143 cm³/mol. The number of piperidine rings is 1. The van der Waals surface area contributed by atoms with Crippen LogP contribution in [0.15, 0.2) is 48.8 Å². The average molecular weight is 473 g/mol. The highest BCUT2D eigenvalue weighted by molar-refractivity contribution is 5.89. The van der Waals surface area contributed by atoms with Crippen LogP contribution in [-0.4, -0.2) is 40.0 Å². The van der Waals surface area contributed by atoms with Crippen molar-refractivity contribution in [2.24, 2.45) is 5.92 Å². The molecule has 1 aliphatic heterocycles. The van der Waals surface area contributed by atoms with E-state index in [1.165, 1.54) is 22.0 Å². The van der Waals surface area contributed by atoms with Crippen molar-refractivity contribution >= 4 is 16.8 Å². The van der Waals surface area contributed by atoms with Crippen LogP contribution in [0.5, 0.6) is 0 Å². The molecule has 1 aromatic carbocycles. The third-order valence-corrected chi connectivity index (χ3v) is 8.52. The number of rotatable bonds is 8. The van der Waals surface area contributed by atoms with Gasteiger partial charge in [-0.05, 0) is 69.0 Å². The van der Waals surface area contributed by atoms with Crippen molar-refractivity contribution in [3.63, 3.8) is 0 Å². The van der Waals surface area contributed by atoms with E-state index in [1.54, 1.807) is 0 Å². The van der Waals surface area contributed by atoms with Crippen molar-refractivity contribution in [3.05, 3.63) is 65.6 Å². The number of nitrogens with one attached hydrogen (secondary N) is 1. The topological polar surface area (TPSA) is 50.2 Å².